The molecule has 0 fully saturated rings. The molecule has 0 aliphatic carbocycles. The van der Waals surface area contributed by atoms with E-state index < -0.39 is 11.2 Å². The van der Waals surface area contributed by atoms with Gasteiger partial charge in [-0.05, 0) is 41.6 Å². The fraction of sp³-hybridized carbons (Fsp3) is 0.182. The normalized spacial score (nSPS) is 11.0. The van der Waals surface area contributed by atoms with E-state index in [-0.39, 0.29) is 24.5 Å². The molecule has 0 unspecified atom stereocenters. The Morgan fingerprint density at radius 2 is 1.90 bits per heavy atom. The van der Waals surface area contributed by atoms with Crippen LogP contribution in [-0.2, 0) is 24.3 Å². The van der Waals surface area contributed by atoms with Crippen molar-refractivity contribution in [2.75, 3.05) is 5.32 Å². The largest absolute Gasteiger partial charge is 0.332 e. The average molecular weight is 420 g/mol. The molecule has 0 saturated heterocycles. The Kier molecular flexibility index (Phi) is 5.58. The van der Waals surface area contributed by atoms with E-state index in [4.69, 9.17) is 0 Å². The molecule has 1 N–H and O–H groups in total. The minimum absolute atomic E-state index is 0.141. The van der Waals surface area contributed by atoms with E-state index in [0.717, 1.165) is 21.4 Å². The molecule has 0 radical (unpaired) electrons. The molecule has 0 spiro atoms. The number of para-hydroxylation sites is 1. The summed E-state index contributed by atoms with van der Waals surface area (Å²) >= 11 is 1.46. The predicted molar refractivity (Wildman–Crippen MR) is 118 cm³/mol. The molecule has 1 amide bonds. The number of aryl methyl sites for hydroxylation is 1. The average Bonchev–Trinajstić information content (AvgIpc) is 3.28. The van der Waals surface area contributed by atoms with E-state index in [0.29, 0.717) is 11.2 Å². The first kappa shape index (κ1) is 19.8. The van der Waals surface area contributed by atoms with Crippen molar-refractivity contribution in [3.63, 3.8) is 0 Å². The monoisotopic (exact) mass is 420 g/mol. The zero-order chi connectivity index (χ0) is 21.1. The van der Waals surface area contributed by atoms with Crippen molar-refractivity contribution >= 4 is 34.0 Å². The predicted octanol–water partition coefficient (Wildman–Crippen LogP) is 2.87. The van der Waals surface area contributed by atoms with Crippen LogP contribution in [0.25, 0.3) is 11.0 Å². The van der Waals surface area contributed by atoms with Gasteiger partial charge in [0.2, 0.25) is 5.91 Å². The Morgan fingerprint density at radius 3 is 2.67 bits per heavy atom. The van der Waals surface area contributed by atoms with Gasteiger partial charge >= 0.3 is 5.69 Å². The Hall–Kier alpha value is -3.52. The summed E-state index contributed by atoms with van der Waals surface area (Å²) in [6.45, 7) is 1.93. The molecule has 7 nitrogen and oxygen atoms in total. The van der Waals surface area contributed by atoms with E-state index in [1.54, 1.807) is 12.1 Å². The molecule has 0 aliphatic rings. The molecule has 0 saturated carbocycles. The number of hydrogen-bond donors (Lipinski definition) is 1. The summed E-state index contributed by atoms with van der Waals surface area (Å²) in [5.74, 6) is -0.343. The summed E-state index contributed by atoms with van der Waals surface area (Å²) in [4.78, 5) is 43.9. The Morgan fingerprint density at radius 1 is 1.07 bits per heavy atom. The summed E-state index contributed by atoms with van der Waals surface area (Å²) in [7, 11) is 0. The third-order valence-corrected chi connectivity index (χ3v) is 5.72. The van der Waals surface area contributed by atoms with Crippen molar-refractivity contribution in [1.29, 1.82) is 0 Å². The molecule has 4 aromatic rings. The van der Waals surface area contributed by atoms with Crippen LogP contribution in [0, 0.1) is 0 Å². The van der Waals surface area contributed by atoms with Gasteiger partial charge in [0, 0.05) is 16.8 Å². The molecular weight excluding hydrogens is 400 g/mol. The van der Waals surface area contributed by atoms with Crippen molar-refractivity contribution in [2.24, 2.45) is 0 Å². The van der Waals surface area contributed by atoms with E-state index in [1.807, 2.05) is 48.7 Å². The molecule has 0 bridgehead atoms. The molecule has 152 valence electrons. The highest BCUT2D eigenvalue weighted by Crippen LogP contribution is 2.16. The smallest absolute Gasteiger partial charge is 0.324 e. The number of amides is 1. The maximum absolute atomic E-state index is 13.2. The van der Waals surface area contributed by atoms with Crippen molar-refractivity contribution in [1.82, 2.24) is 14.1 Å². The SMILES string of the molecule is CCc1ccccc1NC(=O)Cn1c(=O)n(Cc2cccs2)c(=O)c2ncccc21. The summed E-state index contributed by atoms with van der Waals surface area (Å²) in [5.41, 5.74) is 1.23. The third kappa shape index (κ3) is 3.81. The van der Waals surface area contributed by atoms with Crippen LogP contribution < -0.4 is 16.6 Å². The number of fused-ring (bicyclic) bond motifs is 1. The lowest BCUT2D eigenvalue weighted by atomic mass is 10.1. The van der Waals surface area contributed by atoms with Crippen molar-refractivity contribution in [3.05, 3.63) is 91.4 Å². The second kappa shape index (κ2) is 8.46. The van der Waals surface area contributed by atoms with Gasteiger partial charge in [0.25, 0.3) is 5.56 Å². The van der Waals surface area contributed by atoms with E-state index >= 15 is 0 Å². The van der Waals surface area contributed by atoms with Crippen molar-refractivity contribution in [2.45, 2.75) is 26.4 Å². The van der Waals surface area contributed by atoms with Gasteiger partial charge in [-0.15, -0.1) is 11.3 Å². The summed E-state index contributed by atoms with van der Waals surface area (Å²) in [6.07, 6.45) is 2.28. The van der Waals surface area contributed by atoms with Gasteiger partial charge in [0.1, 0.15) is 6.54 Å². The number of hydrogen-bond acceptors (Lipinski definition) is 5. The highest BCUT2D eigenvalue weighted by atomic mass is 32.1. The highest BCUT2D eigenvalue weighted by Gasteiger charge is 2.17. The number of benzene rings is 1. The lowest BCUT2D eigenvalue weighted by Gasteiger charge is -2.14. The number of rotatable bonds is 6. The standard InChI is InChI=1S/C22H20N4O3S/c1-2-15-7-3-4-9-17(15)24-19(27)14-25-18-10-5-11-23-20(18)21(28)26(22(25)29)13-16-8-6-12-30-16/h3-12H,2,13-14H2,1H3,(H,24,27). The van der Waals surface area contributed by atoms with E-state index in [1.165, 1.54) is 22.1 Å². The molecule has 4 rings (SSSR count). The third-order valence-electron chi connectivity index (χ3n) is 4.85. The van der Waals surface area contributed by atoms with Gasteiger partial charge in [0.05, 0.1) is 12.1 Å². The maximum atomic E-state index is 13.2. The molecular formula is C22H20N4O3S. The number of carbonyl (C=O) groups excluding carboxylic acids is 1. The quantitative estimate of drug-likeness (QED) is 0.520. The molecule has 0 aliphatic heterocycles. The molecule has 8 heteroatoms. The first-order valence-corrected chi connectivity index (χ1v) is 10.4. The van der Waals surface area contributed by atoms with Crippen LogP contribution in [0.3, 0.4) is 0 Å². The Labute approximate surface area is 176 Å². The van der Waals surface area contributed by atoms with Gasteiger partial charge in [0.15, 0.2) is 5.52 Å². The second-order valence-corrected chi connectivity index (χ2v) is 7.80. The van der Waals surface area contributed by atoms with Gasteiger partial charge in [-0.2, -0.15) is 0 Å². The van der Waals surface area contributed by atoms with E-state index in [2.05, 4.69) is 10.3 Å². The van der Waals surface area contributed by atoms with Crippen molar-refractivity contribution in [3.8, 4) is 0 Å². The zero-order valence-corrected chi connectivity index (χ0v) is 17.2. The van der Waals surface area contributed by atoms with Crippen LogP contribution in [0.2, 0.25) is 0 Å². The van der Waals surface area contributed by atoms with Crippen LogP contribution >= 0.6 is 11.3 Å². The van der Waals surface area contributed by atoms with Crippen LogP contribution in [0.15, 0.2) is 69.7 Å². The molecule has 0 atom stereocenters. The van der Waals surface area contributed by atoms with Gasteiger partial charge < -0.3 is 5.32 Å². The lowest BCUT2D eigenvalue weighted by molar-refractivity contribution is -0.116. The first-order valence-electron chi connectivity index (χ1n) is 9.57. The topological polar surface area (TPSA) is 86.0 Å². The fourth-order valence-electron chi connectivity index (χ4n) is 3.38. The molecule has 1 aromatic carbocycles. The Balaban J connectivity index is 1.75. The van der Waals surface area contributed by atoms with Crippen molar-refractivity contribution < 1.29 is 4.79 Å². The number of pyridine rings is 1. The summed E-state index contributed by atoms with van der Waals surface area (Å²) in [6, 6.07) is 14.5. The first-order chi connectivity index (χ1) is 14.6. The van der Waals surface area contributed by atoms with Gasteiger partial charge in [-0.25, -0.2) is 9.78 Å². The lowest BCUT2D eigenvalue weighted by Crippen LogP contribution is -2.42. The van der Waals surface area contributed by atoms with Gasteiger partial charge in [-0.1, -0.05) is 31.2 Å². The van der Waals surface area contributed by atoms with Crippen LogP contribution in [0.1, 0.15) is 17.4 Å². The summed E-state index contributed by atoms with van der Waals surface area (Å²) < 4.78 is 2.44. The number of aromatic nitrogens is 3. The zero-order valence-electron chi connectivity index (χ0n) is 16.4. The minimum atomic E-state index is -0.534. The second-order valence-electron chi connectivity index (χ2n) is 6.77. The number of nitrogens with one attached hydrogen (secondary N) is 1. The van der Waals surface area contributed by atoms with Crippen LogP contribution in [-0.4, -0.2) is 20.0 Å². The van der Waals surface area contributed by atoms with Gasteiger partial charge in [-0.3, -0.25) is 18.7 Å². The number of thiophene rings is 1. The summed E-state index contributed by atoms with van der Waals surface area (Å²) in [5, 5.41) is 4.76. The fourth-order valence-corrected chi connectivity index (χ4v) is 4.07. The van der Waals surface area contributed by atoms with Crippen LogP contribution in [0.4, 0.5) is 5.69 Å². The number of nitrogens with zero attached hydrogens (tertiary/aromatic N) is 3. The Bertz CT molecular complexity index is 1320. The molecule has 30 heavy (non-hydrogen) atoms. The minimum Gasteiger partial charge on any atom is -0.324 e. The molecule has 3 heterocycles. The number of carbonyl (C=O) groups is 1. The van der Waals surface area contributed by atoms with Crippen LogP contribution in [0.5, 0.6) is 0 Å². The number of anilines is 1. The van der Waals surface area contributed by atoms with E-state index in [9.17, 15) is 14.4 Å². The maximum Gasteiger partial charge on any atom is 0.332 e. The molecule has 3 aromatic heterocycles. The highest BCUT2D eigenvalue weighted by molar-refractivity contribution is 7.09.